The number of amides is 1. The standard InChI is InChI=1S/C25H28N2O2S/c1-6-22-24(28)27(14-17-7-10-19(11-8-17)25(3,4)5)21-13-18(9-12-23(21)29-22)20-15-30-16(2)26-20/h7-13,15,22H,6,14H2,1-5H3. The lowest BCUT2D eigenvalue weighted by molar-refractivity contribution is -0.126. The molecule has 4 rings (SSSR count). The Hall–Kier alpha value is -2.66. The van der Waals surface area contributed by atoms with Gasteiger partial charge < -0.3 is 9.64 Å². The molecule has 0 N–H and O–H groups in total. The molecule has 5 heteroatoms. The van der Waals surface area contributed by atoms with Crippen molar-refractivity contribution in [3.05, 3.63) is 64.0 Å². The first-order valence-electron chi connectivity index (χ1n) is 10.4. The molecular weight excluding hydrogens is 392 g/mol. The van der Waals surface area contributed by atoms with Crippen molar-refractivity contribution in [1.82, 2.24) is 4.98 Å². The Bertz CT molecular complexity index is 1060. The third-order valence-corrected chi connectivity index (χ3v) is 6.28. The van der Waals surface area contributed by atoms with Gasteiger partial charge in [0.1, 0.15) is 5.75 Å². The summed E-state index contributed by atoms with van der Waals surface area (Å²) in [6.45, 7) is 11.1. The van der Waals surface area contributed by atoms with E-state index in [1.807, 2.05) is 42.3 Å². The van der Waals surface area contributed by atoms with Gasteiger partial charge in [0.15, 0.2) is 6.10 Å². The average molecular weight is 421 g/mol. The van der Waals surface area contributed by atoms with Crippen molar-refractivity contribution in [3.63, 3.8) is 0 Å². The predicted molar refractivity (Wildman–Crippen MR) is 123 cm³/mol. The van der Waals surface area contributed by atoms with Crippen LogP contribution < -0.4 is 9.64 Å². The van der Waals surface area contributed by atoms with Gasteiger partial charge in [0.05, 0.1) is 22.9 Å². The number of nitrogens with zero attached hydrogens (tertiary/aromatic N) is 2. The highest BCUT2D eigenvalue weighted by atomic mass is 32.1. The molecule has 1 aromatic heterocycles. The summed E-state index contributed by atoms with van der Waals surface area (Å²) in [5.41, 5.74) is 5.24. The first kappa shape index (κ1) is 20.6. The zero-order chi connectivity index (χ0) is 21.5. The van der Waals surface area contributed by atoms with Gasteiger partial charge >= 0.3 is 0 Å². The van der Waals surface area contributed by atoms with Crippen LogP contribution in [0.3, 0.4) is 0 Å². The number of aryl methyl sites for hydroxylation is 1. The topological polar surface area (TPSA) is 42.4 Å². The molecule has 30 heavy (non-hydrogen) atoms. The smallest absolute Gasteiger partial charge is 0.268 e. The van der Waals surface area contributed by atoms with Gasteiger partial charge in [-0.3, -0.25) is 4.79 Å². The molecule has 0 fully saturated rings. The molecule has 156 valence electrons. The first-order chi connectivity index (χ1) is 14.3. The van der Waals surface area contributed by atoms with Gasteiger partial charge in [-0.05, 0) is 48.1 Å². The third-order valence-electron chi connectivity index (χ3n) is 5.51. The number of fused-ring (bicyclic) bond motifs is 1. The number of thiazole rings is 1. The van der Waals surface area contributed by atoms with E-state index < -0.39 is 6.10 Å². The monoisotopic (exact) mass is 420 g/mol. The van der Waals surface area contributed by atoms with E-state index in [9.17, 15) is 4.79 Å². The lowest BCUT2D eigenvalue weighted by atomic mass is 9.86. The van der Waals surface area contributed by atoms with Crippen molar-refractivity contribution in [1.29, 1.82) is 0 Å². The van der Waals surface area contributed by atoms with Gasteiger partial charge in [0, 0.05) is 10.9 Å². The van der Waals surface area contributed by atoms with Crippen LogP contribution in [0, 0.1) is 6.92 Å². The van der Waals surface area contributed by atoms with E-state index in [4.69, 9.17) is 4.74 Å². The van der Waals surface area contributed by atoms with E-state index in [0.29, 0.717) is 13.0 Å². The van der Waals surface area contributed by atoms with Gasteiger partial charge in [0.25, 0.3) is 5.91 Å². The number of aromatic nitrogens is 1. The zero-order valence-electron chi connectivity index (χ0n) is 18.2. The molecule has 4 nitrogen and oxygen atoms in total. The lowest BCUT2D eigenvalue weighted by Crippen LogP contribution is -2.45. The largest absolute Gasteiger partial charge is 0.478 e. The van der Waals surface area contributed by atoms with E-state index in [1.54, 1.807) is 11.3 Å². The summed E-state index contributed by atoms with van der Waals surface area (Å²) >= 11 is 1.62. The van der Waals surface area contributed by atoms with Gasteiger partial charge in [0.2, 0.25) is 0 Å². The van der Waals surface area contributed by atoms with E-state index in [2.05, 4.69) is 50.0 Å². The van der Waals surface area contributed by atoms with Crippen molar-refractivity contribution in [3.8, 4) is 17.0 Å². The molecule has 1 amide bonds. The fraction of sp³-hybridized carbons (Fsp3) is 0.360. The second kappa shape index (κ2) is 7.88. The maximum Gasteiger partial charge on any atom is 0.268 e. The summed E-state index contributed by atoms with van der Waals surface area (Å²) < 4.78 is 6.01. The Labute approximate surface area is 182 Å². The predicted octanol–water partition coefficient (Wildman–Crippen LogP) is 6.12. The van der Waals surface area contributed by atoms with Crippen LogP contribution in [0.1, 0.15) is 50.3 Å². The lowest BCUT2D eigenvalue weighted by Gasteiger charge is -2.34. The number of anilines is 1. The van der Waals surface area contributed by atoms with Gasteiger partial charge in [-0.25, -0.2) is 4.98 Å². The Kier molecular flexibility index (Phi) is 5.41. The molecule has 0 spiro atoms. The molecule has 0 saturated carbocycles. The summed E-state index contributed by atoms with van der Waals surface area (Å²) in [5.74, 6) is 0.764. The van der Waals surface area contributed by atoms with Gasteiger partial charge in [-0.1, -0.05) is 52.0 Å². The van der Waals surface area contributed by atoms with Crippen LogP contribution in [0.4, 0.5) is 5.69 Å². The maximum absolute atomic E-state index is 13.2. The summed E-state index contributed by atoms with van der Waals surface area (Å²) in [7, 11) is 0. The second-order valence-corrected chi connectivity index (χ2v) is 9.88. The SMILES string of the molecule is CCC1Oc2ccc(-c3csc(C)n3)cc2N(Cc2ccc(C(C)(C)C)cc2)C1=O. The molecule has 1 aliphatic heterocycles. The van der Waals surface area contributed by atoms with Crippen LogP contribution in [0.15, 0.2) is 47.8 Å². The minimum absolute atomic E-state index is 0.0107. The molecule has 2 aromatic carbocycles. The molecular formula is C25H28N2O2S. The fourth-order valence-corrected chi connectivity index (χ4v) is 4.32. The van der Waals surface area contributed by atoms with Gasteiger partial charge in [-0.2, -0.15) is 0 Å². The molecule has 1 atom stereocenters. The zero-order valence-corrected chi connectivity index (χ0v) is 19.0. The summed E-state index contributed by atoms with van der Waals surface area (Å²) in [6, 6.07) is 14.6. The molecule has 3 aromatic rings. The first-order valence-corrected chi connectivity index (χ1v) is 11.3. The summed E-state index contributed by atoms with van der Waals surface area (Å²) in [4.78, 5) is 19.6. The Morgan fingerprint density at radius 1 is 1.13 bits per heavy atom. The highest BCUT2D eigenvalue weighted by molar-refractivity contribution is 7.09. The Morgan fingerprint density at radius 2 is 1.87 bits per heavy atom. The Balaban J connectivity index is 1.70. The number of ether oxygens (including phenoxy) is 1. The van der Waals surface area contributed by atoms with Crippen LogP contribution >= 0.6 is 11.3 Å². The number of carbonyl (C=O) groups is 1. The molecule has 0 saturated heterocycles. The summed E-state index contributed by atoms with van der Waals surface area (Å²) in [5, 5.41) is 3.07. The van der Waals surface area contributed by atoms with Crippen molar-refractivity contribution in [2.45, 2.75) is 59.1 Å². The van der Waals surface area contributed by atoms with E-state index in [0.717, 1.165) is 33.3 Å². The Morgan fingerprint density at radius 3 is 2.47 bits per heavy atom. The maximum atomic E-state index is 13.2. The number of hydrogen-bond acceptors (Lipinski definition) is 4. The van der Waals surface area contributed by atoms with Crippen LogP contribution in [0.5, 0.6) is 5.75 Å². The van der Waals surface area contributed by atoms with Gasteiger partial charge in [-0.15, -0.1) is 11.3 Å². The van der Waals surface area contributed by atoms with E-state index in [1.165, 1.54) is 5.56 Å². The van der Waals surface area contributed by atoms with Crippen molar-refractivity contribution >= 4 is 22.9 Å². The van der Waals surface area contributed by atoms with Crippen LogP contribution in [0.25, 0.3) is 11.3 Å². The van der Waals surface area contributed by atoms with E-state index in [-0.39, 0.29) is 11.3 Å². The van der Waals surface area contributed by atoms with Crippen molar-refractivity contribution in [2.24, 2.45) is 0 Å². The van der Waals surface area contributed by atoms with Crippen molar-refractivity contribution in [2.75, 3.05) is 4.90 Å². The minimum atomic E-state index is -0.446. The van der Waals surface area contributed by atoms with Crippen molar-refractivity contribution < 1.29 is 9.53 Å². The molecule has 1 unspecified atom stereocenters. The molecule has 2 heterocycles. The van der Waals surface area contributed by atoms with Crippen LogP contribution in [-0.4, -0.2) is 17.0 Å². The molecule has 0 bridgehead atoms. The van der Waals surface area contributed by atoms with Crippen LogP contribution in [0.2, 0.25) is 0 Å². The quantitative estimate of drug-likeness (QED) is 0.511. The number of rotatable bonds is 4. The number of benzene rings is 2. The number of carbonyl (C=O) groups excluding carboxylic acids is 1. The third kappa shape index (κ3) is 3.99. The highest BCUT2D eigenvalue weighted by Gasteiger charge is 2.33. The average Bonchev–Trinajstić information content (AvgIpc) is 3.15. The highest BCUT2D eigenvalue weighted by Crippen LogP contribution is 2.39. The molecule has 0 radical (unpaired) electrons. The number of hydrogen-bond donors (Lipinski definition) is 0. The second-order valence-electron chi connectivity index (χ2n) is 8.82. The normalized spacial score (nSPS) is 16.4. The van der Waals surface area contributed by atoms with Crippen LogP contribution in [-0.2, 0) is 16.8 Å². The fourth-order valence-electron chi connectivity index (χ4n) is 3.69. The summed E-state index contributed by atoms with van der Waals surface area (Å²) in [6.07, 6.45) is 0.198. The molecule has 1 aliphatic rings. The van der Waals surface area contributed by atoms with E-state index >= 15 is 0 Å². The minimum Gasteiger partial charge on any atom is -0.478 e. The molecule has 0 aliphatic carbocycles.